The van der Waals surface area contributed by atoms with Gasteiger partial charge in [0.2, 0.25) is 5.95 Å². The molecule has 2 aromatic rings. The molecule has 0 spiro atoms. The second-order valence-corrected chi connectivity index (χ2v) is 11.6. The monoisotopic (exact) mass is 537 g/mol. The molecular formula is C11H15FN5O13P3. The Kier molecular flexibility index (Phi) is 5.36. The second kappa shape index (κ2) is 7.21. The number of H-pyrrole nitrogens is 1. The summed E-state index contributed by atoms with van der Waals surface area (Å²) in [5.74, 6) is -0.316. The summed E-state index contributed by atoms with van der Waals surface area (Å²) < 4.78 is 67.4. The van der Waals surface area contributed by atoms with Crippen molar-refractivity contribution in [2.75, 3.05) is 5.73 Å². The third-order valence-electron chi connectivity index (χ3n) is 5.03. The number of rotatable bonds is 7. The first-order chi connectivity index (χ1) is 14.9. The van der Waals surface area contributed by atoms with Gasteiger partial charge in [-0.3, -0.25) is 18.9 Å². The Morgan fingerprint density at radius 3 is 2.42 bits per heavy atom. The maximum absolute atomic E-state index is 15.2. The largest absolute Gasteiger partial charge is 0.490 e. The van der Waals surface area contributed by atoms with Crippen LogP contribution in [0.3, 0.4) is 0 Å². The standard InChI is InChI=1S/C11H15FN5O13P3/c1-10-8(28-32(23,24)30-33(25,26)29-31(20,21)22)11(10,19)4(12)7(27-10)17-2-14-3-5(17)15-9(13)16-6(3)18/h2,4,7-8,19H,1H3,(H,23,24)(H,25,26)(H2,20,21,22)(H3,13,15,16,18)/t4-,7+,8?,10+,11+/m0/s1. The highest BCUT2D eigenvalue weighted by Gasteiger charge is 2.88. The number of aliphatic hydroxyl groups is 1. The van der Waals surface area contributed by atoms with E-state index in [4.69, 9.17) is 20.3 Å². The smallest absolute Gasteiger partial charge is 0.381 e. The molecule has 22 heteroatoms. The third-order valence-corrected chi connectivity index (χ3v) is 8.83. The number of aromatic nitrogens is 4. The topological polar surface area (TPSA) is 279 Å². The van der Waals surface area contributed by atoms with E-state index >= 15 is 4.39 Å². The van der Waals surface area contributed by atoms with Crippen molar-refractivity contribution in [3.05, 3.63) is 16.7 Å². The Morgan fingerprint density at radius 2 is 1.88 bits per heavy atom. The number of nitrogens with two attached hydrogens (primary N) is 1. The number of imidazole rings is 1. The molecule has 4 rings (SSSR count). The molecule has 1 saturated carbocycles. The van der Waals surface area contributed by atoms with E-state index in [0.717, 1.165) is 17.8 Å². The van der Waals surface area contributed by atoms with Gasteiger partial charge in [-0.2, -0.15) is 13.6 Å². The van der Waals surface area contributed by atoms with E-state index in [1.807, 2.05) is 0 Å². The predicted octanol–water partition coefficient (Wildman–Crippen LogP) is -1.22. The molecule has 0 radical (unpaired) electrons. The Bertz CT molecular complexity index is 1340. The van der Waals surface area contributed by atoms with Gasteiger partial charge in [0.25, 0.3) is 5.56 Å². The van der Waals surface area contributed by atoms with E-state index in [1.165, 1.54) is 0 Å². The van der Waals surface area contributed by atoms with Gasteiger partial charge in [0.05, 0.1) is 6.33 Å². The van der Waals surface area contributed by atoms with Gasteiger partial charge >= 0.3 is 23.5 Å². The molecule has 2 fully saturated rings. The van der Waals surface area contributed by atoms with Crippen molar-refractivity contribution in [2.24, 2.45) is 0 Å². The Morgan fingerprint density at radius 1 is 1.24 bits per heavy atom. The molecule has 33 heavy (non-hydrogen) atoms. The molecule has 1 aliphatic carbocycles. The maximum atomic E-state index is 15.2. The van der Waals surface area contributed by atoms with E-state index in [9.17, 15) is 33.4 Å². The number of aromatic amines is 1. The van der Waals surface area contributed by atoms with E-state index in [1.54, 1.807) is 0 Å². The summed E-state index contributed by atoms with van der Waals surface area (Å²) in [5.41, 5.74) is -0.303. The molecule has 0 aromatic carbocycles. The van der Waals surface area contributed by atoms with E-state index in [0.29, 0.717) is 0 Å². The number of anilines is 1. The van der Waals surface area contributed by atoms with Crippen LogP contribution in [0.1, 0.15) is 13.2 Å². The van der Waals surface area contributed by atoms with Gasteiger partial charge in [0, 0.05) is 0 Å². The zero-order valence-corrected chi connectivity index (χ0v) is 18.6. The van der Waals surface area contributed by atoms with Crippen LogP contribution < -0.4 is 11.3 Å². The molecule has 1 aliphatic heterocycles. The molecule has 184 valence electrons. The third kappa shape index (κ3) is 3.99. The quantitative estimate of drug-likeness (QED) is 0.204. The minimum atomic E-state index is -5.82. The second-order valence-electron chi connectivity index (χ2n) is 7.19. The number of nitrogen functional groups attached to an aromatic ring is 1. The van der Waals surface area contributed by atoms with Crippen LogP contribution in [0.5, 0.6) is 0 Å². The number of nitrogens with one attached hydrogen (secondary N) is 1. The summed E-state index contributed by atoms with van der Waals surface area (Å²) in [5, 5.41) is 10.7. The molecule has 2 aliphatic rings. The van der Waals surface area contributed by atoms with Crippen molar-refractivity contribution < 1.29 is 60.6 Å². The lowest BCUT2D eigenvalue weighted by Crippen LogP contribution is -2.34. The number of nitrogens with zero attached hydrogens (tertiary/aromatic N) is 3. The van der Waals surface area contributed by atoms with Gasteiger partial charge in [-0.1, -0.05) is 0 Å². The fourth-order valence-corrected chi connectivity index (χ4v) is 6.89. The Balaban J connectivity index is 1.56. The first-order valence-corrected chi connectivity index (χ1v) is 13.0. The predicted molar refractivity (Wildman–Crippen MR) is 99.7 cm³/mol. The molecule has 18 nitrogen and oxygen atoms in total. The van der Waals surface area contributed by atoms with Crippen molar-refractivity contribution in [1.82, 2.24) is 19.5 Å². The number of alkyl halides is 1. The minimum Gasteiger partial charge on any atom is -0.381 e. The Labute approximate surface area is 180 Å². The van der Waals surface area contributed by atoms with Gasteiger partial charge in [0.15, 0.2) is 29.2 Å². The lowest BCUT2D eigenvalue weighted by Gasteiger charge is -2.24. The number of fused-ring (bicyclic) bond motifs is 2. The zero-order chi connectivity index (χ0) is 24.8. The summed E-state index contributed by atoms with van der Waals surface area (Å²) in [6.07, 6.45) is -5.00. The normalized spacial score (nSPS) is 35.2. The van der Waals surface area contributed by atoms with Gasteiger partial charge in [-0.15, -0.1) is 0 Å². The summed E-state index contributed by atoms with van der Waals surface area (Å²) in [7, 11) is -17.1. The first-order valence-electron chi connectivity index (χ1n) is 8.49. The van der Waals surface area contributed by atoms with E-state index < -0.39 is 58.7 Å². The molecule has 2 aromatic heterocycles. The van der Waals surface area contributed by atoms with Crippen molar-refractivity contribution in [1.29, 1.82) is 0 Å². The molecule has 1 saturated heterocycles. The fraction of sp³-hybridized carbons (Fsp3) is 0.545. The van der Waals surface area contributed by atoms with Gasteiger partial charge in [-0.25, -0.2) is 23.1 Å². The highest BCUT2D eigenvalue weighted by Crippen LogP contribution is 2.72. The lowest BCUT2D eigenvalue weighted by atomic mass is 10.1. The van der Waals surface area contributed by atoms with Crippen LogP contribution in [-0.4, -0.2) is 67.7 Å². The molecule has 0 bridgehead atoms. The van der Waals surface area contributed by atoms with Gasteiger partial charge < -0.3 is 35.2 Å². The van der Waals surface area contributed by atoms with Crippen LogP contribution >= 0.6 is 23.5 Å². The zero-order valence-electron chi connectivity index (χ0n) is 16.0. The number of halogens is 1. The van der Waals surface area contributed by atoms with Crippen molar-refractivity contribution in [2.45, 2.75) is 36.6 Å². The van der Waals surface area contributed by atoms with Gasteiger partial charge in [-0.05, 0) is 6.92 Å². The summed E-state index contributed by atoms with van der Waals surface area (Å²) in [4.78, 5) is 57.6. The van der Waals surface area contributed by atoms with Crippen LogP contribution in [0.25, 0.3) is 11.2 Å². The summed E-state index contributed by atoms with van der Waals surface area (Å²) in [6.45, 7) is 1.07. The van der Waals surface area contributed by atoms with E-state index in [-0.39, 0.29) is 17.1 Å². The lowest BCUT2D eigenvalue weighted by molar-refractivity contribution is -0.0825. The highest BCUT2D eigenvalue weighted by molar-refractivity contribution is 7.66. The molecule has 7 atom stereocenters. The van der Waals surface area contributed by atoms with Crippen LogP contribution in [0.2, 0.25) is 0 Å². The summed E-state index contributed by atoms with van der Waals surface area (Å²) >= 11 is 0. The average Bonchev–Trinajstić information content (AvgIpc) is 2.91. The minimum absolute atomic E-state index is 0.193. The van der Waals surface area contributed by atoms with Crippen molar-refractivity contribution in [3.8, 4) is 0 Å². The fourth-order valence-electron chi connectivity index (χ4n) is 3.60. The molecular weight excluding hydrogens is 522 g/mol. The number of ether oxygens (including phenoxy) is 1. The summed E-state index contributed by atoms with van der Waals surface area (Å²) in [6, 6.07) is 0. The SMILES string of the molecule is C[C@]12O[C@@H](n3cnc4c(=O)[nH]c(N)nc43)[C@H](F)[C@@]1(O)C2OP(=O)(O)OP(=O)(O)OP(=O)(O)O. The van der Waals surface area contributed by atoms with Crippen molar-refractivity contribution in [3.63, 3.8) is 0 Å². The van der Waals surface area contributed by atoms with Gasteiger partial charge in [0.1, 0.15) is 11.7 Å². The number of phosphoric ester groups is 1. The highest BCUT2D eigenvalue weighted by atomic mass is 31.3. The first kappa shape index (κ1) is 24.5. The Hall–Kier alpha value is -1.59. The molecule has 8 N–H and O–H groups in total. The van der Waals surface area contributed by atoms with Crippen molar-refractivity contribution >= 4 is 40.6 Å². The van der Waals surface area contributed by atoms with Crippen LogP contribution in [-0.2, 0) is 31.6 Å². The molecule has 3 heterocycles. The average molecular weight is 537 g/mol. The maximum Gasteiger partial charge on any atom is 0.490 e. The van der Waals surface area contributed by atoms with Crippen LogP contribution in [0.15, 0.2) is 11.1 Å². The van der Waals surface area contributed by atoms with E-state index in [2.05, 4.69) is 28.1 Å². The number of hydrogen-bond donors (Lipinski definition) is 7. The number of phosphoric acid groups is 3. The van der Waals surface area contributed by atoms with Crippen LogP contribution in [0.4, 0.5) is 10.3 Å². The number of hydrogen-bond acceptors (Lipinski definition) is 12. The van der Waals surface area contributed by atoms with Crippen LogP contribution in [0, 0.1) is 0 Å². The molecule has 0 amide bonds. The molecule has 3 unspecified atom stereocenters.